The molecule has 0 aliphatic rings. The summed E-state index contributed by atoms with van der Waals surface area (Å²) >= 11 is 9.19. The monoisotopic (exact) mass is 418 g/mol. The number of benzene rings is 2. The summed E-state index contributed by atoms with van der Waals surface area (Å²) < 4.78 is 0.865. The van der Waals surface area contributed by atoms with Crippen molar-refractivity contribution < 1.29 is 9.59 Å². The lowest BCUT2D eigenvalue weighted by Crippen LogP contribution is -2.34. The van der Waals surface area contributed by atoms with Crippen molar-refractivity contribution >= 4 is 45.4 Å². The zero-order valence-electron chi connectivity index (χ0n) is 13.3. The number of halogens is 2. The molecule has 0 heterocycles. The molecule has 4 nitrogen and oxygen atoms in total. The molecular weight excluding hydrogens is 404 g/mol. The van der Waals surface area contributed by atoms with E-state index in [1.807, 2.05) is 0 Å². The van der Waals surface area contributed by atoms with Crippen molar-refractivity contribution in [3.63, 3.8) is 0 Å². The van der Waals surface area contributed by atoms with Gasteiger partial charge in [-0.3, -0.25) is 9.59 Å². The third-order valence-electron chi connectivity index (χ3n) is 3.19. The predicted octanol–water partition coefficient (Wildman–Crippen LogP) is 4.18. The number of amides is 2. The largest absolute Gasteiger partial charge is 0.347 e. The van der Waals surface area contributed by atoms with E-state index < -0.39 is 5.91 Å². The Morgan fingerprint density at radius 3 is 2.32 bits per heavy atom. The average Bonchev–Trinajstić information content (AvgIpc) is 2.61. The highest BCUT2D eigenvalue weighted by Crippen LogP contribution is 2.13. The van der Waals surface area contributed by atoms with Crippen LogP contribution in [0.4, 0.5) is 0 Å². The van der Waals surface area contributed by atoms with Gasteiger partial charge in [0.2, 0.25) is 0 Å². The Bertz CT molecular complexity index is 799. The van der Waals surface area contributed by atoms with Crippen LogP contribution in [-0.2, 0) is 4.79 Å². The molecule has 0 aromatic heterocycles. The maximum atomic E-state index is 12.4. The molecule has 0 unspecified atom stereocenters. The molecule has 0 aliphatic heterocycles. The van der Waals surface area contributed by atoms with Crippen LogP contribution in [0.5, 0.6) is 0 Å². The van der Waals surface area contributed by atoms with Crippen molar-refractivity contribution in [2.45, 2.75) is 0 Å². The van der Waals surface area contributed by atoms with E-state index in [-0.39, 0.29) is 11.6 Å². The first-order valence-electron chi connectivity index (χ1n) is 7.43. The maximum absolute atomic E-state index is 12.4. The van der Waals surface area contributed by atoms with Crippen molar-refractivity contribution in [1.82, 2.24) is 10.6 Å². The lowest BCUT2D eigenvalue weighted by atomic mass is 10.1. The Labute approximate surface area is 159 Å². The van der Waals surface area contributed by atoms with Gasteiger partial charge >= 0.3 is 0 Å². The summed E-state index contributed by atoms with van der Waals surface area (Å²) in [5.74, 6) is -0.776. The third kappa shape index (κ3) is 5.89. The van der Waals surface area contributed by atoms with E-state index in [0.29, 0.717) is 17.1 Å². The number of carbonyl (C=O) groups is 2. The molecule has 0 fully saturated rings. The Balaban J connectivity index is 2.25. The van der Waals surface area contributed by atoms with E-state index >= 15 is 0 Å². The molecule has 0 bridgehead atoms. The van der Waals surface area contributed by atoms with Gasteiger partial charge in [-0.25, -0.2) is 0 Å². The van der Waals surface area contributed by atoms with E-state index in [1.165, 1.54) is 0 Å². The fourth-order valence-corrected chi connectivity index (χ4v) is 2.33. The Kier molecular flexibility index (Phi) is 6.98. The van der Waals surface area contributed by atoms with Gasteiger partial charge in [-0.05, 0) is 48.0 Å². The predicted molar refractivity (Wildman–Crippen MR) is 104 cm³/mol. The molecule has 0 aliphatic carbocycles. The van der Waals surface area contributed by atoms with Gasteiger partial charge in [0.05, 0.1) is 0 Å². The molecule has 6 heteroatoms. The van der Waals surface area contributed by atoms with Crippen molar-refractivity contribution in [3.05, 3.63) is 87.5 Å². The summed E-state index contributed by atoms with van der Waals surface area (Å²) in [6.07, 6.45) is 3.15. The molecule has 2 amide bonds. The second-order valence-electron chi connectivity index (χ2n) is 5.07. The summed E-state index contributed by atoms with van der Waals surface area (Å²) in [6.45, 7) is 3.86. The molecular formula is C19H16BrClN2O2. The highest BCUT2D eigenvalue weighted by molar-refractivity contribution is 9.10. The van der Waals surface area contributed by atoms with E-state index in [4.69, 9.17) is 11.6 Å². The van der Waals surface area contributed by atoms with Crippen molar-refractivity contribution in [2.24, 2.45) is 0 Å². The number of nitrogens with one attached hydrogen (secondary N) is 2. The third-order valence-corrected chi connectivity index (χ3v) is 3.97. The quantitative estimate of drug-likeness (QED) is 0.545. The molecule has 0 spiro atoms. The molecule has 0 radical (unpaired) electrons. The van der Waals surface area contributed by atoms with E-state index in [0.717, 1.165) is 10.0 Å². The van der Waals surface area contributed by atoms with E-state index in [2.05, 4.69) is 33.1 Å². The lowest BCUT2D eigenvalue weighted by molar-refractivity contribution is -0.117. The zero-order chi connectivity index (χ0) is 18.2. The smallest absolute Gasteiger partial charge is 0.268 e. The second-order valence-corrected chi connectivity index (χ2v) is 6.42. The summed E-state index contributed by atoms with van der Waals surface area (Å²) in [7, 11) is 0. The van der Waals surface area contributed by atoms with E-state index in [9.17, 15) is 9.59 Å². The fraction of sp³-hybridized carbons (Fsp3) is 0.0526. The molecule has 128 valence electrons. The van der Waals surface area contributed by atoms with Gasteiger partial charge in [0.25, 0.3) is 11.8 Å². The first-order chi connectivity index (χ1) is 12.0. The van der Waals surface area contributed by atoms with Crippen LogP contribution in [0.15, 0.2) is 71.4 Å². The zero-order valence-corrected chi connectivity index (χ0v) is 15.6. The summed E-state index contributed by atoms with van der Waals surface area (Å²) in [4.78, 5) is 24.7. The summed E-state index contributed by atoms with van der Waals surface area (Å²) in [5.41, 5.74) is 1.32. The number of hydrogen-bond donors (Lipinski definition) is 2. The SMILES string of the molecule is C=CCNC(=O)/C(=C/c1ccc(Cl)cc1)NC(=O)c1ccc(Br)cc1. The van der Waals surface area contributed by atoms with Gasteiger partial charge in [0, 0.05) is 21.6 Å². The van der Waals surface area contributed by atoms with Crippen LogP contribution in [0.2, 0.25) is 5.02 Å². The van der Waals surface area contributed by atoms with Gasteiger partial charge in [-0.1, -0.05) is 45.7 Å². The van der Waals surface area contributed by atoms with E-state index in [1.54, 1.807) is 60.7 Å². The molecule has 2 aromatic carbocycles. The minimum absolute atomic E-state index is 0.136. The first-order valence-corrected chi connectivity index (χ1v) is 8.60. The minimum atomic E-state index is -0.402. The topological polar surface area (TPSA) is 58.2 Å². The van der Waals surface area contributed by atoms with Gasteiger partial charge in [0.15, 0.2) is 0 Å². The fourth-order valence-electron chi connectivity index (χ4n) is 1.94. The number of rotatable bonds is 6. The van der Waals surface area contributed by atoms with Gasteiger partial charge in [-0.2, -0.15) is 0 Å². The Morgan fingerprint density at radius 1 is 1.08 bits per heavy atom. The average molecular weight is 420 g/mol. The van der Waals surface area contributed by atoms with Crippen molar-refractivity contribution in [3.8, 4) is 0 Å². The van der Waals surface area contributed by atoms with Crippen LogP contribution in [0, 0.1) is 0 Å². The van der Waals surface area contributed by atoms with Gasteiger partial charge in [0.1, 0.15) is 5.70 Å². The normalized spacial score (nSPS) is 10.9. The van der Waals surface area contributed by atoms with Crippen LogP contribution in [-0.4, -0.2) is 18.4 Å². The minimum Gasteiger partial charge on any atom is -0.347 e. The van der Waals surface area contributed by atoms with Crippen molar-refractivity contribution in [2.75, 3.05) is 6.54 Å². The molecule has 2 aromatic rings. The van der Waals surface area contributed by atoms with Crippen LogP contribution in [0.3, 0.4) is 0 Å². The highest BCUT2D eigenvalue weighted by atomic mass is 79.9. The van der Waals surface area contributed by atoms with Crippen LogP contribution >= 0.6 is 27.5 Å². The Hall–Kier alpha value is -2.37. The number of carbonyl (C=O) groups excluding carboxylic acids is 2. The van der Waals surface area contributed by atoms with Crippen LogP contribution in [0.1, 0.15) is 15.9 Å². The molecule has 0 saturated carbocycles. The van der Waals surface area contributed by atoms with Crippen LogP contribution in [0.25, 0.3) is 6.08 Å². The standard InChI is InChI=1S/C19H16BrClN2O2/c1-2-11-22-19(25)17(12-13-3-9-16(21)10-4-13)23-18(24)14-5-7-15(20)8-6-14/h2-10,12H,1,11H2,(H,22,25)(H,23,24)/b17-12-. The highest BCUT2D eigenvalue weighted by Gasteiger charge is 2.14. The molecule has 0 atom stereocenters. The molecule has 25 heavy (non-hydrogen) atoms. The molecule has 0 saturated heterocycles. The van der Waals surface area contributed by atoms with Gasteiger partial charge < -0.3 is 10.6 Å². The Morgan fingerprint density at radius 2 is 1.72 bits per heavy atom. The lowest BCUT2D eigenvalue weighted by Gasteiger charge is -2.10. The summed E-state index contributed by atoms with van der Waals surface area (Å²) in [5, 5.41) is 5.90. The van der Waals surface area contributed by atoms with Crippen LogP contribution < -0.4 is 10.6 Å². The number of hydrogen-bond acceptors (Lipinski definition) is 2. The second kappa shape index (κ2) is 9.20. The first kappa shape index (κ1) is 19.0. The van der Waals surface area contributed by atoms with Crippen molar-refractivity contribution in [1.29, 1.82) is 0 Å². The van der Waals surface area contributed by atoms with Gasteiger partial charge in [-0.15, -0.1) is 6.58 Å². The molecule has 2 N–H and O–H groups in total. The molecule has 2 rings (SSSR count). The summed E-state index contributed by atoms with van der Waals surface area (Å²) in [6, 6.07) is 13.8. The maximum Gasteiger partial charge on any atom is 0.268 e.